The molecule has 0 spiro atoms. The zero-order chi connectivity index (χ0) is 25.5. The Morgan fingerprint density at radius 1 is 1.03 bits per heavy atom. The molecular weight excluding hydrogens is 478 g/mol. The topological polar surface area (TPSA) is 80.5 Å². The van der Waals surface area contributed by atoms with Crippen LogP contribution < -0.4 is 4.74 Å². The van der Waals surface area contributed by atoms with Crippen molar-refractivity contribution >= 4 is 17.3 Å². The highest BCUT2D eigenvalue weighted by atomic mass is 35.5. The number of aliphatic hydroxyl groups excluding tert-OH is 2. The first kappa shape index (κ1) is 26.2. The van der Waals surface area contributed by atoms with Gasteiger partial charge in [-0.1, -0.05) is 41.0 Å². The summed E-state index contributed by atoms with van der Waals surface area (Å²) in [5.41, 5.74) is 4.82. The van der Waals surface area contributed by atoms with E-state index in [-0.39, 0.29) is 18.8 Å². The lowest BCUT2D eigenvalue weighted by Gasteiger charge is -2.32. The fraction of sp³-hybridized carbons (Fsp3) is 0.345. The molecule has 7 heteroatoms. The first-order valence-corrected chi connectivity index (χ1v) is 12.6. The summed E-state index contributed by atoms with van der Waals surface area (Å²) in [5.74, 6) is 1.48. The minimum absolute atomic E-state index is 0.103. The lowest BCUT2D eigenvalue weighted by atomic mass is 9.94. The molecule has 190 valence electrons. The number of hydrogen-bond acceptors (Lipinski definition) is 6. The van der Waals surface area contributed by atoms with E-state index < -0.39 is 6.10 Å². The van der Waals surface area contributed by atoms with Crippen LogP contribution in [-0.4, -0.2) is 41.3 Å². The maximum atomic E-state index is 10.2. The molecule has 3 atom stereocenters. The fourth-order valence-electron chi connectivity index (χ4n) is 4.26. The van der Waals surface area contributed by atoms with Crippen LogP contribution in [0.1, 0.15) is 55.0 Å². The third-order valence-electron chi connectivity index (χ3n) is 6.18. The third-order valence-corrected chi connectivity index (χ3v) is 6.55. The number of benzene rings is 3. The Morgan fingerprint density at radius 3 is 2.39 bits per heavy atom. The molecule has 0 saturated carbocycles. The molecule has 0 amide bonds. The molecule has 0 aromatic heterocycles. The molecule has 3 aromatic carbocycles. The van der Waals surface area contributed by atoms with Crippen molar-refractivity contribution in [2.45, 2.75) is 51.4 Å². The normalized spacial score (nSPS) is 20.2. The van der Waals surface area contributed by atoms with Crippen molar-refractivity contribution in [3.8, 4) is 11.5 Å². The first-order chi connectivity index (χ1) is 17.4. The van der Waals surface area contributed by atoms with Crippen LogP contribution in [0.25, 0.3) is 0 Å². The molecule has 1 heterocycles. The summed E-state index contributed by atoms with van der Waals surface area (Å²) in [6, 6.07) is 21.5. The van der Waals surface area contributed by atoms with E-state index >= 15 is 0 Å². The summed E-state index contributed by atoms with van der Waals surface area (Å²) in [6.45, 7) is 4.24. The quantitative estimate of drug-likeness (QED) is 0.271. The lowest BCUT2D eigenvalue weighted by molar-refractivity contribution is -0.113. The van der Waals surface area contributed by atoms with Crippen LogP contribution in [0.5, 0.6) is 11.5 Å². The van der Waals surface area contributed by atoms with Gasteiger partial charge in [-0.2, -0.15) is 0 Å². The second-order valence-corrected chi connectivity index (χ2v) is 9.35. The molecule has 1 saturated heterocycles. The summed E-state index contributed by atoms with van der Waals surface area (Å²) in [5, 5.41) is 24.4. The maximum Gasteiger partial charge on any atom is 0.127 e. The summed E-state index contributed by atoms with van der Waals surface area (Å²) in [4.78, 5) is 5.11. The molecule has 0 radical (unpaired) electrons. The molecule has 1 fully saturated rings. The number of halogens is 1. The number of oxime groups is 1. The van der Waals surface area contributed by atoms with Crippen LogP contribution in [0.3, 0.4) is 0 Å². The van der Waals surface area contributed by atoms with Crippen molar-refractivity contribution < 1.29 is 24.5 Å². The maximum absolute atomic E-state index is 10.2. The molecular formula is C29H32ClNO5. The van der Waals surface area contributed by atoms with E-state index in [0.717, 1.165) is 39.5 Å². The van der Waals surface area contributed by atoms with Crippen molar-refractivity contribution in [3.05, 3.63) is 94.0 Å². The van der Waals surface area contributed by atoms with Gasteiger partial charge in [0.2, 0.25) is 0 Å². The molecule has 36 heavy (non-hydrogen) atoms. The minimum Gasteiger partial charge on any atom is -0.457 e. The Hall–Kier alpha value is -2.90. The van der Waals surface area contributed by atoms with Crippen LogP contribution in [0.2, 0.25) is 5.02 Å². The molecule has 6 nitrogen and oxygen atoms in total. The highest BCUT2D eigenvalue weighted by molar-refractivity contribution is 6.31. The van der Waals surface area contributed by atoms with Crippen molar-refractivity contribution in [1.29, 1.82) is 0 Å². The zero-order valence-corrected chi connectivity index (χ0v) is 21.3. The Morgan fingerprint density at radius 2 is 1.72 bits per heavy atom. The van der Waals surface area contributed by atoms with Gasteiger partial charge in [-0.15, -0.1) is 0 Å². The SMILES string of the molecule is CCO/N=C(\C)c1ccc(Oc2ccc(Cc3cc([C@H]4CC(O)CC(CO)O4)ccc3Cl)cc2)cc1. The van der Waals surface area contributed by atoms with Gasteiger partial charge < -0.3 is 24.5 Å². The predicted octanol–water partition coefficient (Wildman–Crippen LogP) is 6.06. The fourth-order valence-corrected chi connectivity index (χ4v) is 4.45. The van der Waals surface area contributed by atoms with Crippen molar-refractivity contribution in [3.63, 3.8) is 0 Å². The van der Waals surface area contributed by atoms with E-state index in [4.69, 9.17) is 25.9 Å². The summed E-state index contributed by atoms with van der Waals surface area (Å²) < 4.78 is 12.0. The predicted molar refractivity (Wildman–Crippen MR) is 141 cm³/mol. The van der Waals surface area contributed by atoms with Gasteiger partial charge in [0.05, 0.1) is 30.6 Å². The van der Waals surface area contributed by atoms with Gasteiger partial charge in [0.15, 0.2) is 0 Å². The van der Waals surface area contributed by atoms with Gasteiger partial charge in [-0.3, -0.25) is 0 Å². The van der Waals surface area contributed by atoms with Crippen molar-refractivity contribution in [1.82, 2.24) is 0 Å². The molecule has 0 bridgehead atoms. The van der Waals surface area contributed by atoms with E-state index in [2.05, 4.69) is 5.16 Å². The Kier molecular flexibility index (Phi) is 8.99. The Balaban J connectivity index is 1.41. The number of ether oxygens (including phenoxy) is 2. The molecule has 2 N–H and O–H groups in total. The monoisotopic (exact) mass is 509 g/mol. The molecule has 1 aliphatic heterocycles. The van der Waals surface area contributed by atoms with Gasteiger partial charge in [-0.25, -0.2) is 0 Å². The van der Waals surface area contributed by atoms with E-state index in [1.54, 1.807) is 0 Å². The van der Waals surface area contributed by atoms with Crippen LogP contribution in [0.4, 0.5) is 0 Å². The van der Waals surface area contributed by atoms with Gasteiger partial charge in [0.25, 0.3) is 0 Å². The Bertz CT molecular complexity index is 1160. The average Bonchev–Trinajstić information content (AvgIpc) is 2.89. The van der Waals surface area contributed by atoms with Crippen molar-refractivity contribution in [2.24, 2.45) is 5.16 Å². The molecule has 4 rings (SSSR count). The minimum atomic E-state index is -0.490. The first-order valence-electron chi connectivity index (χ1n) is 12.2. The summed E-state index contributed by atoms with van der Waals surface area (Å²) in [6.07, 6.45) is 0.499. The molecule has 3 aromatic rings. The van der Waals surface area contributed by atoms with Crippen LogP contribution in [-0.2, 0) is 16.0 Å². The number of nitrogens with zero attached hydrogens (tertiary/aromatic N) is 1. The van der Waals surface area contributed by atoms with Crippen LogP contribution in [0.15, 0.2) is 71.9 Å². The number of hydrogen-bond donors (Lipinski definition) is 2. The standard InChI is InChI=1S/C29H32ClNO5/c1-3-34-31-19(2)21-6-11-26(12-7-21)35-25-9-4-20(5-10-25)14-23-15-22(8-13-28(23)30)29-17-24(33)16-27(18-32)36-29/h4-13,15,24,27,29,32-33H,3,14,16-18H2,1-2H3/b31-19+/t24?,27?,29-/m1/s1. The highest BCUT2D eigenvalue weighted by Gasteiger charge is 2.29. The smallest absolute Gasteiger partial charge is 0.127 e. The number of rotatable bonds is 9. The van der Waals surface area contributed by atoms with E-state index in [0.29, 0.717) is 30.9 Å². The van der Waals surface area contributed by atoms with E-state index in [9.17, 15) is 10.2 Å². The Labute approximate surface area is 217 Å². The average molecular weight is 510 g/mol. The third kappa shape index (κ3) is 6.86. The highest BCUT2D eigenvalue weighted by Crippen LogP contribution is 2.34. The second kappa shape index (κ2) is 12.4. The van der Waals surface area contributed by atoms with Gasteiger partial charge >= 0.3 is 0 Å². The van der Waals surface area contributed by atoms with Gasteiger partial charge in [-0.05, 0) is 85.0 Å². The molecule has 2 unspecified atom stereocenters. The van der Waals surface area contributed by atoms with Gasteiger partial charge in [0, 0.05) is 17.9 Å². The van der Waals surface area contributed by atoms with Crippen molar-refractivity contribution in [2.75, 3.05) is 13.2 Å². The summed E-state index contributed by atoms with van der Waals surface area (Å²) in [7, 11) is 0. The molecule has 0 aliphatic carbocycles. The van der Waals surface area contributed by atoms with Crippen LogP contribution in [0, 0.1) is 0 Å². The van der Waals surface area contributed by atoms with Crippen LogP contribution >= 0.6 is 11.6 Å². The largest absolute Gasteiger partial charge is 0.457 e. The molecule has 1 aliphatic rings. The zero-order valence-electron chi connectivity index (χ0n) is 20.6. The van der Waals surface area contributed by atoms with Gasteiger partial charge in [0.1, 0.15) is 18.1 Å². The summed E-state index contributed by atoms with van der Waals surface area (Å²) >= 11 is 6.50. The van der Waals surface area contributed by atoms with E-state index in [1.807, 2.05) is 80.6 Å². The van der Waals surface area contributed by atoms with E-state index in [1.165, 1.54) is 0 Å². The number of aliphatic hydroxyl groups is 2. The lowest BCUT2D eigenvalue weighted by Crippen LogP contribution is -2.33. The second-order valence-electron chi connectivity index (χ2n) is 8.95.